The van der Waals surface area contributed by atoms with Gasteiger partial charge in [0.2, 0.25) is 0 Å². The van der Waals surface area contributed by atoms with E-state index >= 15 is 0 Å². The van der Waals surface area contributed by atoms with Gasteiger partial charge in [0.25, 0.3) is 0 Å². The Morgan fingerprint density at radius 2 is 2.44 bits per heavy atom. The number of rotatable bonds is 5. The Balaban J connectivity index is 1.94. The van der Waals surface area contributed by atoms with E-state index in [-0.39, 0.29) is 10.7 Å². The van der Waals surface area contributed by atoms with Gasteiger partial charge in [-0.3, -0.25) is 0 Å². The minimum Gasteiger partial charge on any atom is -0.478 e. The Bertz CT molecular complexity index is 433. The molecule has 5 nitrogen and oxygen atoms in total. The first-order chi connectivity index (χ1) is 8.66. The topological polar surface area (TPSA) is 71.5 Å². The summed E-state index contributed by atoms with van der Waals surface area (Å²) in [4.78, 5) is 15.0. The Labute approximate surface area is 110 Å². The van der Waals surface area contributed by atoms with Gasteiger partial charge in [-0.15, -0.1) is 0 Å². The van der Waals surface area contributed by atoms with E-state index in [0.717, 1.165) is 26.1 Å². The number of anilines is 1. The molecule has 1 saturated heterocycles. The summed E-state index contributed by atoms with van der Waals surface area (Å²) in [6.45, 7) is 2.28. The Morgan fingerprint density at radius 1 is 1.61 bits per heavy atom. The van der Waals surface area contributed by atoms with Gasteiger partial charge in [-0.1, -0.05) is 11.6 Å². The van der Waals surface area contributed by atoms with E-state index in [1.165, 1.54) is 12.1 Å². The number of aromatic carboxylic acids is 1. The van der Waals surface area contributed by atoms with Crippen LogP contribution in [0.1, 0.15) is 23.2 Å². The third-order valence-corrected chi connectivity index (χ3v) is 3.17. The smallest absolute Gasteiger partial charge is 0.339 e. The van der Waals surface area contributed by atoms with Crippen LogP contribution >= 0.6 is 11.6 Å². The first kappa shape index (κ1) is 13.1. The second-order valence-corrected chi connectivity index (χ2v) is 4.67. The van der Waals surface area contributed by atoms with E-state index in [1.807, 2.05) is 0 Å². The van der Waals surface area contributed by atoms with Crippen molar-refractivity contribution >= 4 is 23.4 Å². The molecule has 1 aliphatic rings. The highest BCUT2D eigenvalue weighted by atomic mass is 35.5. The molecule has 1 fully saturated rings. The largest absolute Gasteiger partial charge is 0.478 e. The van der Waals surface area contributed by atoms with Gasteiger partial charge < -0.3 is 15.2 Å². The molecule has 1 aromatic heterocycles. The zero-order valence-corrected chi connectivity index (χ0v) is 10.6. The molecule has 0 aromatic carbocycles. The molecule has 2 rings (SSSR count). The second-order valence-electron chi connectivity index (χ2n) is 4.28. The second kappa shape index (κ2) is 6.02. The normalized spacial score (nSPS) is 18.8. The van der Waals surface area contributed by atoms with Gasteiger partial charge in [0.1, 0.15) is 16.5 Å². The molecule has 0 bridgehead atoms. The van der Waals surface area contributed by atoms with E-state index < -0.39 is 5.97 Å². The van der Waals surface area contributed by atoms with Gasteiger partial charge in [0.05, 0.1) is 0 Å². The maximum Gasteiger partial charge on any atom is 0.339 e. The van der Waals surface area contributed by atoms with Crippen LogP contribution in [0.4, 0.5) is 5.82 Å². The summed E-state index contributed by atoms with van der Waals surface area (Å²) < 4.78 is 5.28. The lowest BCUT2D eigenvalue weighted by molar-refractivity contribution is 0.0697. The van der Waals surface area contributed by atoms with E-state index in [0.29, 0.717) is 18.3 Å². The number of carboxylic acids is 1. The maximum atomic E-state index is 11.0. The molecule has 18 heavy (non-hydrogen) atoms. The van der Waals surface area contributed by atoms with Gasteiger partial charge in [0, 0.05) is 19.8 Å². The Kier molecular flexibility index (Phi) is 4.38. The van der Waals surface area contributed by atoms with Crippen molar-refractivity contribution in [2.24, 2.45) is 5.92 Å². The molecule has 0 aliphatic carbocycles. The molecule has 0 radical (unpaired) electrons. The Morgan fingerprint density at radius 3 is 3.11 bits per heavy atom. The predicted octanol–water partition coefficient (Wildman–Crippen LogP) is 2.27. The standard InChI is InChI=1S/C12H15ClN2O3/c13-10-2-1-9(12(16)17)11(15-10)14-5-3-8-4-6-18-7-8/h1-2,8H,3-7H2,(H,14,15)(H,16,17). The van der Waals surface area contributed by atoms with Crippen LogP contribution in [0.15, 0.2) is 12.1 Å². The zero-order valence-electron chi connectivity index (χ0n) is 9.86. The van der Waals surface area contributed by atoms with Crippen molar-refractivity contribution in [2.45, 2.75) is 12.8 Å². The van der Waals surface area contributed by atoms with E-state index in [9.17, 15) is 4.79 Å². The number of nitrogens with zero attached hydrogens (tertiary/aromatic N) is 1. The maximum absolute atomic E-state index is 11.0. The fourth-order valence-electron chi connectivity index (χ4n) is 1.95. The van der Waals surface area contributed by atoms with Gasteiger partial charge in [-0.25, -0.2) is 9.78 Å². The molecule has 98 valence electrons. The number of carboxylic acid groups (broad SMARTS) is 1. The molecule has 1 aliphatic heterocycles. The van der Waals surface area contributed by atoms with Crippen molar-refractivity contribution in [3.8, 4) is 0 Å². The van der Waals surface area contributed by atoms with Gasteiger partial charge >= 0.3 is 5.97 Å². The van der Waals surface area contributed by atoms with Crippen LogP contribution in [0, 0.1) is 5.92 Å². The number of hydrogen-bond acceptors (Lipinski definition) is 4. The van der Waals surface area contributed by atoms with Crippen LogP contribution in [0.3, 0.4) is 0 Å². The first-order valence-electron chi connectivity index (χ1n) is 5.88. The van der Waals surface area contributed by atoms with Crippen molar-refractivity contribution in [1.29, 1.82) is 0 Å². The van der Waals surface area contributed by atoms with Crippen molar-refractivity contribution in [3.63, 3.8) is 0 Å². The van der Waals surface area contributed by atoms with Crippen LogP contribution < -0.4 is 5.32 Å². The molecule has 1 unspecified atom stereocenters. The van der Waals surface area contributed by atoms with Gasteiger partial charge in [-0.05, 0) is 30.9 Å². The van der Waals surface area contributed by atoms with Crippen molar-refractivity contribution in [3.05, 3.63) is 22.8 Å². The summed E-state index contributed by atoms with van der Waals surface area (Å²) >= 11 is 5.76. The van der Waals surface area contributed by atoms with Gasteiger partial charge in [0.15, 0.2) is 0 Å². The molecule has 6 heteroatoms. The summed E-state index contributed by atoms with van der Waals surface area (Å²) in [5.41, 5.74) is 0.141. The van der Waals surface area contributed by atoms with E-state index in [1.54, 1.807) is 0 Å². The third-order valence-electron chi connectivity index (χ3n) is 2.96. The quantitative estimate of drug-likeness (QED) is 0.803. The monoisotopic (exact) mass is 270 g/mol. The molecule has 0 amide bonds. The molecule has 1 atom stereocenters. The average Bonchev–Trinajstić information content (AvgIpc) is 2.82. The van der Waals surface area contributed by atoms with Crippen LogP contribution in [0.2, 0.25) is 5.15 Å². The molecular formula is C12H15ClN2O3. The number of nitrogens with one attached hydrogen (secondary N) is 1. The first-order valence-corrected chi connectivity index (χ1v) is 6.26. The number of ether oxygens (including phenoxy) is 1. The zero-order chi connectivity index (χ0) is 13.0. The fraction of sp³-hybridized carbons (Fsp3) is 0.500. The highest BCUT2D eigenvalue weighted by molar-refractivity contribution is 6.29. The van der Waals surface area contributed by atoms with E-state index in [2.05, 4.69) is 10.3 Å². The average molecular weight is 271 g/mol. The van der Waals surface area contributed by atoms with Crippen molar-refractivity contribution in [2.75, 3.05) is 25.1 Å². The van der Waals surface area contributed by atoms with Crippen LogP contribution in [0.25, 0.3) is 0 Å². The molecule has 2 heterocycles. The van der Waals surface area contributed by atoms with Crippen LogP contribution in [0.5, 0.6) is 0 Å². The van der Waals surface area contributed by atoms with Crippen molar-refractivity contribution in [1.82, 2.24) is 4.98 Å². The molecule has 1 aromatic rings. The number of hydrogen-bond donors (Lipinski definition) is 2. The van der Waals surface area contributed by atoms with E-state index in [4.69, 9.17) is 21.4 Å². The predicted molar refractivity (Wildman–Crippen MR) is 68.2 cm³/mol. The lowest BCUT2D eigenvalue weighted by Gasteiger charge is -2.11. The number of pyridine rings is 1. The van der Waals surface area contributed by atoms with Crippen LogP contribution in [-0.2, 0) is 4.74 Å². The molecule has 2 N–H and O–H groups in total. The summed E-state index contributed by atoms with van der Waals surface area (Å²) in [6, 6.07) is 2.93. The Hall–Kier alpha value is -1.33. The third kappa shape index (κ3) is 3.34. The molecule has 0 saturated carbocycles. The minimum absolute atomic E-state index is 0.141. The minimum atomic E-state index is -1.01. The number of carbonyl (C=O) groups is 1. The molecule has 0 spiro atoms. The fourth-order valence-corrected chi connectivity index (χ4v) is 2.10. The lowest BCUT2D eigenvalue weighted by Crippen LogP contribution is -2.13. The summed E-state index contributed by atoms with van der Waals surface area (Å²) in [7, 11) is 0. The SMILES string of the molecule is O=C(O)c1ccc(Cl)nc1NCCC1CCOC1. The number of aromatic nitrogens is 1. The highest BCUT2D eigenvalue weighted by Gasteiger charge is 2.16. The van der Waals surface area contributed by atoms with Gasteiger partial charge in [-0.2, -0.15) is 0 Å². The summed E-state index contributed by atoms with van der Waals surface area (Å²) in [5, 5.41) is 12.3. The highest BCUT2D eigenvalue weighted by Crippen LogP contribution is 2.19. The summed E-state index contributed by atoms with van der Waals surface area (Å²) in [6.07, 6.45) is 2.00. The lowest BCUT2D eigenvalue weighted by atomic mass is 10.1. The summed E-state index contributed by atoms with van der Waals surface area (Å²) in [5.74, 6) is -0.134. The van der Waals surface area contributed by atoms with Crippen molar-refractivity contribution < 1.29 is 14.6 Å². The van der Waals surface area contributed by atoms with Crippen LogP contribution in [-0.4, -0.2) is 35.8 Å². The number of halogens is 1. The molecular weight excluding hydrogens is 256 g/mol.